The van der Waals surface area contributed by atoms with Gasteiger partial charge in [0.05, 0.1) is 6.04 Å². The van der Waals surface area contributed by atoms with E-state index in [1.807, 2.05) is 18.2 Å². The summed E-state index contributed by atoms with van der Waals surface area (Å²) in [4.78, 5) is 14.9. The van der Waals surface area contributed by atoms with E-state index in [0.29, 0.717) is 49.1 Å². The average Bonchev–Trinajstić information content (AvgIpc) is 3.30. The second-order valence-electron chi connectivity index (χ2n) is 8.03. The first-order valence-corrected chi connectivity index (χ1v) is 10.8. The van der Waals surface area contributed by atoms with Gasteiger partial charge in [-0.05, 0) is 61.3 Å². The topological polar surface area (TPSA) is 109 Å². The monoisotopic (exact) mass is 426 g/mol. The zero-order chi connectivity index (χ0) is 21.6. The van der Waals surface area contributed by atoms with Crippen LogP contribution in [0.25, 0.3) is 0 Å². The number of nitrogens with one attached hydrogen (secondary N) is 2. The molecular formula is C23H30N4O4. The van der Waals surface area contributed by atoms with Crippen molar-refractivity contribution in [1.29, 1.82) is 0 Å². The number of ether oxygens (including phenoxy) is 2. The first-order chi connectivity index (χ1) is 15.1. The van der Waals surface area contributed by atoms with Crippen molar-refractivity contribution < 1.29 is 19.4 Å². The van der Waals surface area contributed by atoms with Gasteiger partial charge in [-0.15, -0.1) is 0 Å². The molecule has 0 bridgehead atoms. The Balaban J connectivity index is 1.42. The van der Waals surface area contributed by atoms with Crippen molar-refractivity contribution >= 4 is 11.7 Å². The Kier molecular flexibility index (Phi) is 6.79. The molecule has 31 heavy (non-hydrogen) atoms. The molecule has 0 aliphatic carbocycles. The fourth-order valence-electron chi connectivity index (χ4n) is 3.98. The van der Waals surface area contributed by atoms with Crippen molar-refractivity contribution in [3.05, 3.63) is 53.6 Å². The second kappa shape index (κ2) is 9.89. The molecule has 1 saturated heterocycles. The highest BCUT2D eigenvalue weighted by Crippen LogP contribution is 2.33. The van der Waals surface area contributed by atoms with Crippen molar-refractivity contribution in [2.75, 3.05) is 38.6 Å². The number of rotatable bonds is 7. The molecule has 2 atom stereocenters. The van der Waals surface area contributed by atoms with E-state index in [1.165, 1.54) is 0 Å². The molecule has 0 aromatic heterocycles. The molecule has 2 aliphatic rings. The third-order valence-electron chi connectivity index (χ3n) is 5.69. The zero-order valence-corrected chi connectivity index (χ0v) is 17.5. The average molecular weight is 427 g/mol. The molecule has 0 spiro atoms. The molecule has 2 heterocycles. The van der Waals surface area contributed by atoms with Gasteiger partial charge >= 0.3 is 6.03 Å². The molecule has 0 radical (unpaired) electrons. The Hall–Kier alpha value is -2.97. The van der Waals surface area contributed by atoms with Crippen LogP contribution < -0.4 is 25.8 Å². The van der Waals surface area contributed by atoms with Crippen LogP contribution >= 0.6 is 0 Å². The van der Waals surface area contributed by atoms with Crippen molar-refractivity contribution in [3.63, 3.8) is 0 Å². The molecular weight excluding hydrogens is 396 g/mol. The second-order valence-corrected chi connectivity index (χ2v) is 8.03. The molecule has 2 aromatic rings. The first-order valence-electron chi connectivity index (χ1n) is 10.8. The highest BCUT2D eigenvalue weighted by molar-refractivity contribution is 5.74. The van der Waals surface area contributed by atoms with Crippen molar-refractivity contribution in [2.45, 2.75) is 31.5 Å². The van der Waals surface area contributed by atoms with Crippen LogP contribution in [-0.2, 0) is 6.54 Å². The Bertz CT molecular complexity index is 884. The Morgan fingerprint density at radius 2 is 1.77 bits per heavy atom. The lowest BCUT2D eigenvalue weighted by molar-refractivity contribution is 0.108. The summed E-state index contributed by atoms with van der Waals surface area (Å²) >= 11 is 0. The third kappa shape index (κ3) is 5.59. The van der Waals surface area contributed by atoms with Crippen LogP contribution in [0.2, 0.25) is 0 Å². The van der Waals surface area contributed by atoms with Crippen LogP contribution in [0.1, 0.15) is 30.1 Å². The molecule has 8 nitrogen and oxygen atoms in total. The lowest BCUT2D eigenvalue weighted by Crippen LogP contribution is -2.49. The summed E-state index contributed by atoms with van der Waals surface area (Å²) in [5.74, 6) is 1.29. The first kappa shape index (κ1) is 21.3. The molecule has 4 rings (SSSR count). The summed E-state index contributed by atoms with van der Waals surface area (Å²) in [7, 11) is 0. The summed E-state index contributed by atoms with van der Waals surface area (Å²) in [6, 6.07) is 12.0. The van der Waals surface area contributed by atoms with Crippen molar-refractivity contribution in [1.82, 2.24) is 15.5 Å². The number of aliphatic hydroxyl groups is 1. The minimum absolute atomic E-state index is 0.322. The molecule has 0 saturated carbocycles. The van der Waals surface area contributed by atoms with Crippen molar-refractivity contribution in [3.8, 4) is 11.5 Å². The fourth-order valence-corrected chi connectivity index (χ4v) is 3.98. The van der Waals surface area contributed by atoms with E-state index in [0.717, 1.165) is 31.5 Å². The van der Waals surface area contributed by atoms with E-state index in [1.54, 1.807) is 24.3 Å². The van der Waals surface area contributed by atoms with Crippen LogP contribution in [0, 0.1) is 0 Å². The predicted octanol–water partition coefficient (Wildman–Crippen LogP) is 2.04. The summed E-state index contributed by atoms with van der Waals surface area (Å²) in [6.45, 7) is 3.89. The number of fused-ring (bicyclic) bond motifs is 1. The lowest BCUT2D eigenvalue weighted by Gasteiger charge is -2.29. The third-order valence-corrected chi connectivity index (χ3v) is 5.69. The number of nitrogen functional groups attached to an aromatic ring is 1. The number of carbonyl (C=O) groups excluding carboxylic acids is 1. The summed E-state index contributed by atoms with van der Waals surface area (Å²) in [5.41, 5.74) is 8.03. The van der Waals surface area contributed by atoms with Gasteiger partial charge in [0.15, 0.2) is 11.5 Å². The fraction of sp³-hybridized carbons (Fsp3) is 0.435. The molecule has 5 N–H and O–H groups in total. The number of benzene rings is 2. The van der Waals surface area contributed by atoms with E-state index < -0.39 is 12.1 Å². The number of hydrogen-bond acceptors (Lipinski definition) is 6. The number of urea groups is 1. The maximum Gasteiger partial charge on any atom is 0.315 e. The highest BCUT2D eigenvalue weighted by atomic mass is 16.6. The molecule has 2 aliphatic heterocycles. The quantitative estimate of drug-likeness (QED) is 0.505. The van der Waals surface area contributed by atoms with Crippen LogP contribution in [0.15, 0.2) is 42.5 Å². The molecule has 2 amide bonds. The highest BCUT2D eigenvalue weighted by Gasteiger charge is 2.27. The normalized spacial score (nSPS) is 17.7. The number of aliphatic hydroxyl groups excluding tert-OH is 1. The van der Waals surface area contributed by atoms with Gasteiger partial charge < -0.3 is 35.8 Å². The SMILES string of the molecule is Nc1ccc(CNC(=O)NC(CN2CCCC2)C(O)c2ccc3c(c2)OCCO3)cc1. The predicted molar refractivity (Wildman–Crippen MR) is 118 cm³/mol. The van der Waals surface area contributed by atoms with Gasteiger partial charge in [0, 0.05) is 18.8 Å². The van der Waals surface area contributed by atoms with Crippen LogP contribution in [-0.4, -0.2) is 54.9 Å². The van der Waals surface area contributed by atoms with Gasteiger partial charge in [0.2, 0.25) is 0 Å². The number of nitrogens with zero attached hydrogens (tertiary/aromatic N) is 1. The summed E-state index contributed by atoms with van der Waals surface area (Å²) in [6.07, 6.45) is 1.39. The van der Waals surface area contributed by atoms with Gasteiger partial charge in [-0.25, -0.2) is 4.79 Å². The van der Waals surface area contributed by atoms with E-state index in [4.69, 9.17) is 15.2 Å². The minimum Gasteiger partial charge on any atom is -0.486 e. The standard InChI is InChI=1S/C23H30N4O4/c24-18-6-3-16(4-7-18)14-25-23(29)26-19(15-27-9-1-2-10-27)22(28)17-5-8-20-21(13-17)31-12-11-30-20/h3-8,13,19,22,28H,1-2,9-12,14-15,24H2,(H2,25,26,29). The van der Waals surface area contributed by atoms with E-state index in [2.05, 4.69) is 15.5 Å². The largest absolute Gasteiger partial charge is 0.486 e. The molecule has 2 aromatic carbocycles. The van der Waals surface area contributed by atoms with Gasteiger partial charge in [-0.1, -0.05) is 18.2 Å². The molecule has 1 fully saturated rings. The number of hydrogen-bond donors (Lipinski definition) is 4. The number of amides is 2. The maximum absolute atomic E-state index is 12.6. The van der Waals surface area contributed by atoms with Gasteiger partial charge in [-0.3, -0.25) is 0 Å². The van der Waals surface area contributed by atoms with Crippen LogP contribution in [0.3, 0.4) is 0 Å². The lowest BCUT2D eigenvalue weighted by atomic mass is 10.0. The Morgan fingerprint density at radius 1 is 1.06 bits per heavy atom. The number of anilines is 1. The smallest absolute Gasteiger partial charge is 0.315 e. The Morgan fingerprint density at radius 3 is 2.52 bits per heavy atom. The number of likely N-dealkylation sites (tertiary alicyclic amines) is 1. The van der Waals surface area contributed by atoms with Gasteiger partial charge in [0.25, 0.3) is 0 Å². The van der Waals surface area contributed by atoms with Crippen LogP contribution in [0.5, 0.6) is 11.5 Å². The van der Waals surface area contributed by atoms with Crippen molar-refractivity contribution in [2.24, 2.45) is 0 Å². The van der Waals surface area contributed by atoms with Gasteiger partial charge in [0.1, 0.15) is 19.3 Å². The van der Waals surface area contributed by atoms with E-state index >= 15 is 0 Å². The Labute approximate surface area is 182 Å². The minimum atomic E-state index is -0.876. The van der Waals surface area contributed by atoms with E-state index in [9.17, 15) is 9.90 Å². The van der Waals surface area contributed by atoms with E-state index in [-0.39, 0.29) is 6.03 Å². The molecule has 166 valence electrons. The zero-order valence-electron chi connectivity index (χ0n) is 17.5. The number of nitrogens with two attached hydrogens (primary N) is 1. The molecule has 2 unspecified atom stereocenters. The molecule has 8 heteroatoms. The summed E-state index contributed by atoms with van der Waals surface area (Å²) in [5, 5.41) is 17.0. The number of carbonyl (C=O) groups is 1. The summed E-state index contributed by atoms with van der Waals surface area (Å²) < 4.78 is 11.2. The van der Waals surface area contributed by atoms with Crippen LogP contribution in [0.4, 0.5) is 10.5 Å². The van der Waals surface area contributed by atoms with Gasteiger partial charge in [-0.2, -0.15) is 0 Å². The maximum atomic E-state index is 12.6.